The molecule has 2 rings (SSSR count). The van der Waals surface area contributed by atoms with Gasteiger partial charge < -0.3 is 4.74 Å². The number of carbonyl (C=O) groups excluding carboxylic acids is 1. The molecule has 0 saturated heterocycles. The lowest BCUT2D eigenvalue weighted by Crippen LogP contribution is -2.43. The Bertz CT molecular complexity index is 475. The summed E-state index contributed by atoms with van der Waals surface area (Å²) >= 11 is 0. The maximum absolute atomic E-state index is 13.2. The van der Waals surface area contributed by atoms with Gasteiger partial charge in [0.15, 0.2) is 6.10 Å². The van der Waals surface area contributed by atoms with Crippen molar-refractivity contribution < 1.29 is 31.3 Å². The van der Waals surface area contributed by atoms with Crippen molar-refractivity contribution >= 4 is 16.1 Å². The molecule has 0 aromatic heterocycles. The summed E-state index contributed by atoms with van der Waals surface area (Å²) in [4.78, 5) is 11.8. The van der Waals surface area contributed by atoms with Crippen molar-refractivity contribution in [1.82, 2.24) is 0 Å². The summed E-state index contributed by atoms with van der Waals surface area (Å²) in [5.41, 5.74) is 0. The fraction of sp³-hybridized carbons (Fsp3) is 0.909. The number of rotatable bonds is 4. The number of fused-ring (bicyclic) bond motifs is 2. The van der Waals surface area contributed by atoms with E-state index in [1.165, 1.54) is 0 Å². The van der Waals surface area contributed by atoms with Crippen molar-refractivity contribution in [2.75, 3.05) is 0 Å². The fourth-order valence-corrected chi connectivity index (χ4v) is 3.54. The van der Waals surface area contributed by atoms with Gasteiger partial charge in [0, 0.05) is 0 Å². The topological polar surface area (TPSA) is 80.7 Å². The molecule has 1 N–H and O–H groups in total. The van der Waals surface area contributed by atoms with Crippen LogP contribution in [-0.2, 0) is 19.6 Å². The van der Waals surface area contributed by atoms with Crippen LogP contribution in [0.4, 0.5) is 8.78 Å². The molecule has 2 bridgehead atoms. The Hall–Kier alpha value is -0.760. The highest BCUT2D eigenvalue weighted by Gasteiger charge is 2.53. The van der Waals surface area contributed by atoms with E-state index in [1.807, 2.05) is 0 Å². The molecule has 0 aromatic carbocycles. The van der Waals surface area contributed by atoms with Crippen LogP contribution >= 0.6 is 0 Å². The normalized spacial score (nSPS) is 32.3. The maximum atomic E-state index is 13.2. The Labute approximate surface area is 110 Å². The molecule has 2 aliphatic rings. The molecule has 19 heavy (non-hydrogen) atoms. The van der Waals surface area contributed by atoms with E-state index >= 15 is 0 Å². The number of alkyl halides is 2. The van der Waals surface area contributed by atoms with E-state index in [1.54, 1.807) is 0 Å². The molecule has 0 aliphatic heterocycles. The molecular weight excluding hydrogens is 282 g/mol. The highest BCUT2D eigenvalue weighted by atomic mass is 32.2. The van der Waals surface area contributed by atoms with E-state index in [2.05, 4.69) is 4.74 Å². The number of hydrogen-bond donors (Lipinski definition) is 1. The molecule has 2 aliphatic carbocycles. The zero-order valence-corrected chi connectivity index (χ0v) is 11.2. The third-order valence-electron chi connectivity index (χ3n) is 4.15. The lowest BCUT2D eigenvalue weighted by molar-refractivity contribution is -0.166. The van der Waals surface area contributed by atoms with Crippen molar-refractivity contribution in [2.45, 2.75) is 44.0 Å². The number of halogens is 2. The first-order valence-electron chi connectivity index (χ1n) is 6.18. The Morgan fingerprint density at radius 2 is 2.00 bits per heavy atom. The zero-order chi connectivity index (χ0) is 14.4. The van der Waals surface area contributed by atoms with Crippen molar-refractivity contribution in [3.63, 3.8) is 0 Å². The average Bonchev–Trinajstić information content (AvgIpc) is 2.88. The molecule has 110 valence electrons. The van der Waals surface area contributed by atoms with E-state index in [4.69, 9.17) is 4.55 Å². The molecule has 2 saturated carbocycles. The van der Waals surface area contributed by atoms with Gasteiger partial charge in [-0.1, -0.05) is 6.42 Å². The van der Waals surface area contributed by atoms with Crippen LogP contribution < -0.4 is 0 Å². The van der Waals surface area contributed by atoms with Crippen LogP contribution in [-0.4, -0.2) is 30.3 Å². The summed E-state index contributed by atoms with van der Waals surface area (Å²) in [6, 6.07) is 0. The van der Waals surface area contributed by atoms with Gasteiger partial charge >= 0.3 is 21.3 Å². The Morgan fingerprint density at radius 3 is 2.42 bits per heavy atom. The summed E-state index contributed by atoms with van der Waals surface area (Å²) in [5, 5.41) is -4.49. The van der Waals surface area contributed by atoms with Crippen LogP contribution in [0, 0.1) is 17.8 Å². The van der Waals surface area contributed by atoms with Crippen LogP contribution in [0.25, 0.3) is 0 Å². The second-order valence-corrected chi connectivity index (χ2v) is 6.89. The second-order valence-electron chi connectivity index (χ2n) is 5.40. The minimum absolute atomic E-state index is 0.157. The van der Waals surface area contributed by atoms with Gasteiger partial charge in [-0.2, -0.15) is 17.2 Å². The van der Waals surface area contributed by atoms with Crippen LogP contribution in [0.1, 0.15) is 32.6 Å². The van der Waals surface area contributed by atoms with Crippen LogP contribution in [0.5, 0.6) is 0 Å². The van der Waals surface area contributed by atoms with Crippen LogP contribution in [0.15, 0.2) is 0 Å². The van der Waals surface area contributed by atoms with Crippen molar-refractivity contribution in [1.29, 1.82) is 0 Å². The highest BCUT2D eigenvalue weighted by Crippen LogP contribution is 2.49. The molecule has 2 fully saturated rings. The van der Waals surface area contributed by atoms with Gasteiger partial charge in [0.2, 0.25) is 0 Å². The third-order valence-corrected chi connectivity index (χ3v) is 5.17. The predicted octanol–water partition coefficient (Wildman–Crippen LogP) is 1.83. The van der Waals surface area contributed by atoms with Crippen molar-refractivity contribution in [2.24, 2.45) is 17.8 Å². The first kappa shape index (κ1) is 14.6. The standard InChI is InChI=1S/C11H16F2O5S/c1-6(11(12,13)19(15,16)17)18-10(14)9-5-7-2-3-8(9)4-7/h6-9H,2-5H2,1H3,(H,15,16,17). The van der Waals surface area contributed by atoms with Gasteiger partial charge in [-0.3, -0.25) is 9.35 Å². The lowest BCUT2D eigenvalue weighted by Gasteiger charge is -2.25. The molecule has 4 unspecified atom stereocenters. The van der Waals surface area contributed by atoms with Crippen molar-refractivity contribution in [3.05, 3.63) is 0 Å². The van der Waals surface area contributed by atoms with Gasteiger partial charge in [0.25, 0.3) is 0 Å². The quantitative estimate of drug-likeness (QED) is 0.632. The molecule has 0 heterocycles. The molecule has 4 atom stereocenters. The molecule has 5 nitrogen and oxygen atoms in total. The van der Waals surface area contributed by atoms with Crippen LogP contribution in [0.3, 0.4) is 0 Å². The summed E-state index contributed by atoms with van der Waals surface area (Å²) in [6.07, 6.45) is 1.25. The second kappa shape index (κ2) is 4.66. The number of esters is 1. The van der Waals surface area contributed by atoms with Gasteiger partial charge in [0.1, 0.15) is 0 Å². The first-order valence-corrected chi connectivity index (χ1v) is 7.62. The largest absolute Gasteiger partial charge is 0.455 e. The van der Waals surface area contributed by atoms with Gasteiger partial charge in [-0.25, -0.2) is 0 Å². The molecule has 0 spiro atoms. The number of hydrogen-bond acceptors (Lipinski definition) is 4. The summed E-state index contributed by atoms with van der Waals surface area (Å²) in [7, 11) is -5.59. The SMILES string of the molecule is CC(OC(=O)C1CC2CCC1C2)C(F)(F)S(=O)(=O)O. The molecule has 8 heteroatoms. The highest BCUT2D eigenvalue weighted by molar-refractivity contribution is 7.86. The zero-order valence-electron chi connectivity index (χ0n) is 10.4. The van der Waals surface area contributed by atoms with Crippen LogP contribution in [0.2, 0.25) is 0 Å². The van der Waals surface area contributed by atoms with E-state index in [0.29, 0.717) is 12.3 Å². The third kappa shape index (κ3) is 2.60. The smallest absolute Gasteiger partial charge is 0.405 e. The fourth-order valence-electron chi connectivity index (χ4n) is 3.07. The molecular formula is C11H16F2O5S. The Kier molecular flexibility index (Phi) is 3.59. The van der Waals surface area contributed by atoms with Gasteiger partial charge in [0.05, 0.1) is 5.92 Å². The predicted molar refractivity (Wildman–Crippen MR) is 61.0 cm³/mol. The Morgan fingerprint density at radius 1 is 1.37 bits per heavy atom. The minimum atomic E-state index is -5.59. The number of ether oxygens (including phenoxy) is 1. The minimum Gasteiger partial charge on any atom is -0.455 e. The van der Waals surface area contributed by atoms with E-state index in [0.717, 1.165) is 26.2 Å². The van der Waals surface area contributed by atoms with Gasteiger partial charge in [-0.15, -0.1) is 0 Å². The Balaban J connectivity index is 2.00. The van der Waals surface area contributed by atoms with E-state index in [-0.39, 0.29) is 5.92 Å². The van der Waals surface area contributed by atoms with Gasteiger partial charge in [-0.05, 0) is 38.0 Å². The molecule has 0 radical (unpaired) electrons. The monoisotopic (exact) mass is 298 g/mol. The molecule has 0 amide bonds. The van der Waals surface area contributed by atoms with E-state index in [9.17, 15) is 22.0 Å². The first-order chi connectivity index (χ1) is 8.63. The summed E-state index contributed by atoms with van der Waals surface area (Å²) in [6.45, 7) is 0.763. The number of carbonyl (C=O) groups is 1. The lowest BCUT2D eigenvalue weighted by atomic mass is 9.89. The molecule has 0 aromatic rings. The maximum Gasteiger partial charge on any atom is 0.405 e. The van der Waals surface area contributed by atoms with E-state index < -0.39 is 33.4 Å². The average molecular weight is 298 g/mol. The summed E-state index contributed by atoms with van der Waals surface area (Å²) in [5.74, 6) is -0.606. The van der Waals surface area contributed by atoms with Crippen molar-refractivity contribution in [3.8, 4) is 0 Å². The summed E-state index contributed by atoms with van der Waals surface area (Å²) < 4.78 is 60.5.